The third-order valence-electron chi connectivity index (χ3n) is 3.97. The van der Waals surface area contributed by atoms with Crippen LogP contribution >= 0.6 is 24.0 Å². The summed E-state index contributed by atoms with van der Waals surface area (Å²) in [7, 11) is 0. The van der Waals surface area contributed by atoms with Crippen molar-refractivity contribution in [3.05, 3.63) is 64.9 Å². The second kappa shape index (κ2) is 6.88. The summed E-state index contributed by atoms with van der Waals surface area (Å²) in [5.74, 6) is 0.966. The van der Waals surface area contributed by atoms with Crippen LogP contribution in [0.2, 0.25) is 5.02 Å². The molecule has 0 radical (unpaired) electrons. The van der Waals surface area contributed by atoms with Crippen molar-refractivity contribution < 1.29 is 4.52 Å². The number of aromatic nitrogens is 3. The van der Waals surface area contributed by atoms with Crippen LogP contribution < -0.4 is 5.73 Å². The smallest absolute Gasteiger partial charge is 0.276 e. The van der Waals surface area contributed by atoms with E-state index in [4.69, 9.17) is 21.9 Å². The fourth-order valence-corrected chi connectivity index (χ4v) is 3.16. The van der Waals surface area contributed by atoms with E-state index in [1.807, 2.05) is 53.1 Å². The van der Waals surface area contributed by atoms with E-state index in [1.54, 1.807) is 6.92 Å². The average molecular weight is 375 g/mol. The number of hydrogen-bond acceptors (Lipinski definition) is 4. The Morgan fingerprint density at radius 1 is 1.12 bits per heavy atom. The van der Waals surface area contributed by atoms with Crippen LogP contribution in [0, 0.1) is 6.92 Å². The van der Waals surface area contributed by atoms with Gasteiger partial charge in [0.05, 0.1) is 10.5 Å². The molecule has 7 heteroatoms. The molecule has 2 heterocycles. The first-order valence-corrected chi connectivity index (χ1v) is 7.96. The lowest BCUT2D eigenvalue weighted by Gasteiger charge is -2.09. The standard InChI is InChI=1S/C18H15ClN4O.ClH/c1-11-21-18(24-22-11)17-16(19)14-4-2-3-5-15(14)23(17)13-8-6-12(10-20)7-9-13;/h2-9H,10,20H2,1H3;1H. The first kappa shape index (κ1) is 17.5. The zero-order valence-electron chi connectivity index (χ0n) is 13.4. The first-order valence-electron chi connectivity index (χ1n) is 7.58. The Labute approximate surface area is 155 Å². The fourth-order valence-electron chi connectivity index (χ4n) is 2.83. The molecule has 5 nitrogen and oxygen atoms in total. The molecule has 0 saturated carbocycles. The van der Waals surface area contributed by atoms with Crippen LogP contribution in [-0.2, 0) is 6.54 Å². The maximum atomic E-state index is 6.65. The van der Waals surface area contributed by atoms with Crippen molar-refractivity contribution in [2.24, 2.45) is 5.73 Å². The number of nitrogens with two attached hydrogens (primary N) is 1. The molecule has 0 saturated heterocycles. The minimum Gasteiger partial charge on any atom is -0.332 e. The Morgan fingerprint density at radius 2 is 1.84 bits per heavy atom. The van der Waals surface area contributed by atoms with Crippen molar-refractivity contribution in [2.45, 2.75) is 13.5 Å². The monoisotopic (exact) mass is 374 g/mol. The van der Waals surface area contributed by atoms with Crippen LogP contribution in [0.1, 0.15) is 11.4 Å². The summed E-state index contributed by atoms with van der Waals surface area (Å²) in [5, 5.41) is 5.42. The van der Waals surface area contributed by atoms with E-state index >= 15 is 0 Å². The quantitative estimate of drug-likeness (QED) is 0.572. The molecule has 0 atom stereocenters. The van der Waals surface area contributed by atoms with Gasteiger partial charge in [0.1, 0.15) is 5.69 Å². The molecule has 0 aliphatic carbocycles. The molecule has 0 aliphatic rings. The van der Waals surface area contributed by atoms with Crippen molar-refractivity contribution in [2.75, 3.05) is 0 Å². The van der Waals surface area contributed by atoms with Gasteiger partial charge in [-0.2, -0.15) is 4.98 Å². The van der Waals surface area contributed by atoms with Gasteiger partial charge in [0, 0.05) is 17.6 Å². The van der Waals surface area contributed by atoms with Crippen LogP contribution in [0.15, 0.2) is 53.1 Å². The second-order valence-corrected chi connectivity index (χ2v) is 5.91. The summed E-state index contributed by atoms with van der Waals surface area (Å²) in [6.45, 7) is 2.28. The molecule has 0 bridgehead atoms. The predicted octanol–water partition coefficient (Wildman–Crippen LogP) is 4.52. The van der Waals surface area contributed by atoms with E-state index in [-0.39, 0.29) is 12.4 Å². The maximum absolute atomic E-state index is 6.65. The van der Waals surface area contributed by atoms with Crippen molar-refractivity contribution >= 4 is 34.9 Å². The molecule has 0 unspecified atom stereocenters. The normalized spacial score (nSPS) is 10.8. The number of nitrogens with zero attached hydrogens (tertiary/aromatic N) is 3. The predicted molar refractivity (Wildman–Crippen MR) is 101 cm³/mol. The van der Waals surface area contributed by atoms with E-state index in [1.165, 1.54) is 0 Å². The molecule has 0 aliphatic heterocycles. The molecule has 0 spiro atoms. The highest BCUT2D eigenvalue weighted by molar-refractivity contribution is 6.38. The molecule has 25 heavy (non-hydrogen) atoms. The third kappa shape index (κ3) is 2.91. The molecule has 2 N–H and O–H groups in total. The van der Waals surface area contributed by atoms with Gasteiger partial charge in [-0.3, -0.25) is 0 Å². The van der Waals surface area contributed by atoms with Gasteiger partial charge in [0.25, 0.3) is 5.89 Å². The van der Waals surface area contributed by atoms with E-state index in [2.05, 4.69) is 10.1 Å². The Morgan fingerprint density at radius 3 is 2.48 bits per heavy atom. The molecule has 0 fully saturated rings. The van der Waals surface area contributed by atoms with Gasteiger partial charge >= 0.3 is 0 Å². The van der Waals surface area contributed by atoms with Crippen LogP contribution in [0.25, 0.3) is 28.2 Å². The van der Waals surface area contributed by atoms with Gasteiger partial charge in [-0.05, 0) is 30.7 Å². The highest BCUT2D eigenvalue weighted by Gasteiger charge is 2.22. The molecule has 2 aromatic carbocycles. The summed E-state index contributed by atoms with van der Waals surface area (Å²) in [6.07, 6.45) is 0. The highest BCUT2D eigenvalue weighted by atomic mass is 35.5. The second-order valence-electron chi connectivity index (χ2n) is 5.53. The summed E-state index contributed by atoms with van der Waals surface area (Å²) in [4.78, 5) is 4.35. The Kier molecular flexibility index (Phi) is 4.81. The average Bonchev–Trinajstić information content (AvgIpc) is 3.17. The summed E-state index contributed by atoms with van der Waals surface area (Å²) < 4.78 is 7.41. The Hall–Kier alpha value is -2.34. The van der Waals surface area contributed by atoms with E-state index in [9.17, 15) is 0 Å². The van der Waals surface area contributed by atoms with E-state index in [0.29, 0.717) is 29.0 Å². The number of halogens is 2. The van der Waals surface area contributed by atoms with Gasteiger partial charge in [-0.15, -0.1) is 12.4 Å². The van der Waals surface area contributed by atoms with Crippen LogP contribution in [0.4, 0.5) is 0 Å². The minimum atomic E-state index is 0. The molecule has 4 rings (SSSR count). The summed E-state index contributed by atoms with van der Waals surface area (Å²) in [5.41, 5.74) is 9.40. The van der Waals surface area contributed by atoms with Crippen molar-refractivity contribution in [1.82, 2.24) is 14.7 Å². The summed E-state index contributed by atoms with van der Waals surface area (Å²) in [6, 6.07) is 16.0. The largest absolute Gasteiger partial charge is 0.332 e. The topological polar surface area (TPSA) is 69.9 Å². The number of para-hydroxylation sites is 1. The minimum absolute atomic E-state index is 0. The molecule has 128 valence electrons. The number of aryl methyl sites for hydroxylation is 1. The third-order valence-corrected chi connectivity index (χ3v) is 4.36. The van der Waals surface area contributed by atoms with Crippen molar-refractivity contribution in [3.8, 4) is 17.3 Å². The van der Waals surface area contributed by atoms with Crippen LogP contribution in [-0.4, -0.2) is 14.7 Å². The SMILES string of the molecule is Cc1noc(-c2c(Cl)c3ccccc3n2-c2ccc(CN)cc2)n1.Cl. The van der Waals surface area contributed by atoms with Gasteiger partial charge in [-0.1, -0.05) is 47.1 Å². The molecular formula is C18H16Cl2N4O. The molecule has 0 amide bonds. The maximum Gasteiger partial charge on any atom is 0.276 e. The van der Waals surface area contributed by atoms with E-state index in [0.717, 1.165) is 22.2 Å². The molecular weight excluding hydrogens is 359 g/mol. The first-order chi connectivity index (χ1) is 11.7. The van der Waals surface area contributed by atoms with Crippen molar-refractivity contribution in [3.63, 3.8) is 0 Å². The van der Waals surface area contributed by atoms with Gasteiger partial charge in [0.2, 0.25) is 0 Å². The highest BCUT2D eigenvalue weighted by Crippen LogP contribution is 2.39. The van der Waals surface area contributed by atoms with Crippen LogP contribution in [0.3, 0.4) is 0 Å². The van der Waals surface area contributed by atoms with Crippen LogP contribution in [0.5, 0.6) is 0 Å². The lowest BCUT2D eigenvalue weighted by Crippen LogP contribution is -2.00. The van der Waals surface area contributed by atoms with Crippen molar-refractivity contribution in [1.29, 1.82) is 0 Å². The molecule has 2 aromatic heterocycles. The number of rotatable bonds is 3. The lowest BCUT2D eigenvalue weighted by molar-refractivity contribution is 0.424. The Balaban J connectivity index is 0.00000182. The number of fused-ring (bicyclic) bond motifs is 1. The Bertz CT molecular complexity index is 1020. The number of benzene rings is 2. The van der Waals surface area contributed by atoms with Gasteiger partial charge in [0.15, 0.2) is 5.82 Å². The number of hydrogen-bond donors (Lipinski definition) is 1. The zero-order valence-corrected chi connectivity index (χ0v) is 15.0. The summed E-state index contributed by atoms with van der Waals surface area (Å²) >= 11 is 6.65. The fraction of sp³-hybridized carbons (Fsp3) is 0.111. The molecule has 4 aromatic rings. The lowest BCUT2D eigenvalue weighted by atomic mass is 10.2. The van der Waals surface area contributed by atoms with Gasteiger partial charge < -0.3 is 14.8 Å². The van der Waals surface area contributed by atoms with Gasteiger partial charge in [-0.25, -0.2) is 0 Å². The zero-order chi connectivity index (χ0) is 16.7. The van der Waals surface area contributed by atoms with E-state index < -0.39 is 0 Å².